The third-order valence-electron chi connectivity index (χ3n) is 3.69. The molecule has 0 atom stereocenters. The Balaban J connectivity index is 2.09. The molecule has 106 valence electrons. The van der Waals surface area contributed by atoms with Crippen LogP contribution >= 0.6 is 0 Å². The van der Waals surface area contributed by atoms with Gasteiger partial charge in [0.25, 0.3) is 0 Å². The highest BCUT2D eigenvalue weighted by Crippen LogP contribution is 2.31. The van der Waals surface area contributed by atoms with Crippen LogP contribution < -0.4 is 4.74 Å². The number of benzene rings is 2. The van der Waals surface area contributed by atoms with Crippen LogP contribution in [0.3, 0.4) is 0 Å². The van der Waals surface area contributed by atoms with Crippen LogP contribution in [0, 0.1) is 13.8 Å². The topological polar surface area (TPSA) is 37.9 Å². The molecule has 3 aromatic rings. The van der Waals surface area contributed by atoms with Crippen LogP contribution in [0.2, 0.25) is 0 Å². The van der Waals surface area contributed by atoms with Gasteiger partial charge < -0.3 is 9.72 Å². The average molecular weight is 278 g/mol. The number of nitrogens with one attached hydrogen (secondary N) is 1. The highest BCUT2D eigenvalue weighted by Gasteiger charge is 2.12. The van der Waals surface area contributed by atoms with Gasteiger partial charge in [-0.05, 0) is 37.1 Å². The number of H-pyrrole nitrogens is 1. The number of imidazole rings is 1. The molecular weight excluding hydrogens is 260 g/mol. The van der Waals surface area contributed by atoms with Crippen LogP contribution in [0.15, 0.2) is 48.7 Å². The first kappa shape index (κ1) is 13.4. The second-order valence-corrected chi connectivity index (χ2v) is 5.11. The van der Waals surface area contributed by atoms with Gasteiger partial charge in [0.05, 0.1) is 24.6 Å². The van der Waals surface area contributed by atoms with Gasteiger partial charge in [-0.25, -0.2) is 4.98 Å². The molecule has 0 saturated carbocycles. The van der Waals surface area contributed by atoms with E-state index in [1.807, 2.05) is 30.5 Å². The molecule has 0 amide bonds. The summed E-state index contributed by atoms with van der Waals surface area (Å²) in [5, 5.41) is 0. The molecule has 0 aliphatic heterocycles. The molecule has 2 aromatic carbocycles. The second kappa shape index (κ2) is 5.44. The number of aromatic amines is 1. The van der Waals surface area contributed by atoms with E-state index in [-0.39, 0.29) is 0 Å². The number of aryl methyl sites for hydroxylation is 2. The van der Waals surface area contributed by atoms with E-state index in [1.165, 1.54) is 16.7 Å². The number of para-hydroxylation sites is 1. The summed E-state index contributed by atoms with van der Waals surface area (Å²) in [7, 11) is 1.67. The molecule has 0 aliphatic rings. The van der Waals surface area contributed by atoms with E-state index in [1.54, 1.807) is 7.11 Å². The number of hydrogen-bond acceptors (Lipinski definition) is 2. The molecule has 0 unspecified atom stereocenters. The molecule has 3 heteroatoms. The number of methoxy groups -OCH3 is 1. The van der Waals surface area contributed by atoms with Crippen LogP contribution in [-0.4, -0.2) is 17.1 Å². The lowest BCUT2D eigenvalue weighted by Crippen LogP contribution is -1.90. The molecule has 3 nitrogen and oxygen atoms in total. The van der Waals surface area contributed by atoms with Gasteiger partial charge in [0.2, 0.25) is 0 Å². The highest BCUT2D eigenvalue weighted by molar-refractivity contribution is 5.71. The van der Waals surface area contributed by atoms with Gasteiger partial charge in [-0.15, -0.1) is 0 Å². The second-order valence-electron chi connectivity index (χ2n) is 5.11. The van der Waals surface area contributed by atoms with Gasteiger partial charge in [-0.1, -0.05) is 30.3 Å². The third kappa shape index (κ3) is 2.42. The van der Waals surface area contributed by atoms with Crippen LogP contribution in [0.5, 0.6) is 5.75 Å². The standard InChI is InChI=1S/C18H18N2O/c1-12-7-6-8-13(2)17(12)15-11-19-18(20-15)14-9-4-5-10-16(14)21-3/h4-11H,1-3H3,(H,19,20). The number of ether oxygens (including phenoxy) is 1. The first-order valence-electron chi connectivity index (χ1n) is 6.95. The first-order valence-corrected chi connectivity index (χ1v) is 6.95. The predicted molar refractivity (Wildman–Crippen MR) is 85.5 cm³/mol. The lowest BCUT2D eigenvalue weighted by molar-refractivity contribution is 0.416. The maximum absolute atomic E-state index is 5.40. The maximum Gasteiger partial charge on any atom is 0.141 e. The number of nitrogens with zero attached hydrogens (tertiary/aromatic N) is 1. The zero-order chi connectivity index (χ0) is 14.8. The Hall–Kier alpha value is -2.55. The Morgan fingerprint density at radius 1 is 0.952 bits per heavy atom. The van der Waals surface area contributed by atoms with Crippen LogP contribution in [0.4, 0.5) is 0 Å². The molecule has 0 fully saturated rings. The molecule has 0 spiro atoms. The summed E-state index contributed by atoms with van der Waals surface area (Å²) in [6, 6.07) is 14.2. The summed E-state index contributed by atoms with van der Waals surface area (Å²) < 4.78 is 5.40. The summed E-state index contributed by atoms with van der Waals surface area (Å²) in [6.07, 6.45) is 1.89. The van der Waals surface area contributed by atoms with Gasteiger partial charge in [-0.3, -0.25) is 0 Å². The molecule has 21 heavy (non-hydrogen) atoms. The maximum atomic E-state index is 5.40. The van der Waals surface area contributed by atoms with Crippen LogP contribution in [0.1, 0.15) is 11.1 Å². The van der Waals surface area contributed by atoms with E-state index >= 15 is 0 Å². The Morgan fingerprint density at radius 3 is 2.38 bits per heavy atom. The first-order chi connectivity index (χ1) is 10.2. The number of rotatable bonds is 3. The van der Waals surface area contributed by atoms with E-state index in [9.17, 15) is 0 Å². The molecule has 0 aliphatic carbocycles. The zero-order valence-corrected chi connectivity index (χ0v) is 12.5. The lowest BCUT2D eigenvalue weighted by Gasteiger charge is -2.07. The Morgan fingerprint density at radius 2 is 1.67 bits per heavy atom. The largest absolute Gasteiger partial charge is 0.496 e. The smallest absolute Gasteiger partial charge is 0.141 e. The van der Waals surface area contributed by atoms with Gasteiger partial charge >= 0.3 is 0 Å². The number of hydrogen-bond donors (Lipinski definition) is 1. The fraction of sp³-hybridized carbons (Fsp3) is 0.167. The van der Waals surface area contributed by atoms with Crippen LogP contribution in [-0.2, 0) is 0 Å². The van der Waals surface area contributed by atoms with E-state index < -0.39 is 0 Å². The van der Waals surface area contributed by atoms with Crippen molar-refractivity contribution in [2.45, 2.75) is 13.8 Å². The van der Waals surface area contributed by atoms with Crippen molar-refractivity contribution in [2.24, 2.45) is 0 Å². The quantitative estimate of drug-likeness (QED) is 0.772. The average Bonchev–Trinajstić information content (AvgIpc) is 2.96. The minimum absolute atomic E-state index is 0.819. The van der Waals surface area contributed by atoms with Crippen molar-refractivity contribution in [2.75, 3.05) is 7.11 Å². The highest BCUT2D eigenvalue weighted by atomic mass is 16.5. The summed E-state index contributed by atoms with van der Waals surface area (Å²) in [5.74, 6) is 1.64. The van der Waals surface area contributed by atoms with E-state index in [2.05, 4.69) is 42.0 Å². The van der Waals surface area contributed by atoms with Crippen molar-refractivity contribution in [1.82, 2.24) is 9.97 Å². The van der Waals surface area contributed by atoms with Gasteiger partial charge in [0.1, 0.15) is 11.6 Å². The summed E-state index contributed by atoms with van der Waals surface area (Å²) in [6.45, 7) is 4.23. The minimum Gasteiger partial charge on any atom is -0.496 e. The van der Waals surface area contributed by atoms with Crippen molar-refractivity contribution in [1.29, 1.82) is 0 Å². The lowest BCUT2D eigenvalue weighted by atomic mass is 10.0. The predicted octanol–water partition coefficient (Wildman–Crippen LogP) is 4.37. The monoisotopic (exact) mass is 278 g/mol. The van der Waals surface area contributed by atoms with Crippen molar-refractivity contribution in [3.63, 3.8) is 0 Å². The van der Waals surface area contributed by atoms with Crippen molar-refractivity contribution >= 4 is 0 Å². The fourth-order valence-electron chi connectivity index (χ4n) is 2.66. The Labute approximate surface area is 124 Å². The summed E-state index contributed by atoms with van der Waals surface area (Å²) >= 11 is 0. The Kier molecular flexibility index (Phi) is 3.48. The number of aromatic nitrogens is 2. The van der Waals surface area contributed by atoms with Gasteiger partial charge in [0.15, 0.2) is 0 Å². The normalized spacial score (nSPS) is 10.6. The van der Waals surface area contributed by atoms with Crippen molar-refractivity contribution < 1.29 is 4.74 Å². The molecule has 0 saturated heterocycles. The fourth-order valence-corrected chi connectivity index (χ4v) is 2.66. The molecule has 1 heterocycles. The SMILES string of the molecule is COc1ccccc1-c1ncc(-c2c(C)cccc2C)[nH]1. The van der Waals surface area contributed by atoms with E-state index in [0.29, 0.717) is 0 Å². The van der Waals surface area contributed by atoms with Crippen LogP contribution in [0.25, 0.3) is 22.6 Å². The molecule has 0 radical (unpaired) electrons. The zero-order valence-electron chi connectivity index (χ0n) is 12.5. The molecule has 1 aromatic heterocycles. The van der Waals surface area contributed by atoms with Gasteiger partial charge in [0, 0.05) is 5.56 Å². The van der Waals surface area contributed by atoms with Gasteiger partial charge in [-0.2, -0.15) is 0 Å². The molecule has 1 N–H and O–H groups in total. The summed E-state index contributed by atoms with van der Waals surface area (Å²) in [4.78, 5) is 7.93. The Bertz CT molecular complexity index is 754. The summed E-state index contributed by atoms with van der Waals surface area (Å²) in [5.41, 5.74) is 5.70. The molecular formula is C18H18N2O. The van der Waals surface area contributed by atoms with E-state index in [0.717, 1.165) is 22.8 Å². The van der Waals surface area contributed by atoms with Crippen molar-refractivity contribution in [3.8, 4) is 28.4 Å². The van der Waals surface area contributed by atoms with E-state index in [4.69, 9.17) is 4.74 Å². The van der Waals surface area contributed by atoms with Crippen molar-refractivity contribution in [3.05, 3.63) is 59.8 Å². The minimum atomic E-state index is 0.819. The molecule has 3 rings (SSSR count). The third-order valence-corrected chi connectivity index (χ3v) is 3.69. The molecule has 0 bridgehead atoms.